The van der Waals surface area contributed by atoms with Crippen molar-refractivity contribution in [2.24, 2.45) is 11.8 Å². The van der Waals surface area contributed by atoms with Crippen molar-refractivity contribution in [2.45, 2.75) is 25.3 Å². The van der Waals surface area contributed by atoms with Crippen LogP contribution in [0, 0.1) is 11.8 Å². The number of carbonyl (C=O) groups is 2. The van der Waals surface area contributed by atoms with Gasteiger partial charge in [-0.15, -0.1) is 0 Å². The van der Waals surface area contributed by atoms with Gasteiger partial charge in [-0.25, -0.2) is 0 Å². The Labute approximate surface area is 100 Å². The molecule has 4 fully saturated rings. The second kappa shape index (κ2) is 3.98. The van der Waals surface area contributed by atoms with Gasteiger partial charge in [0.2, 0.25) is 5.91 Å². The first-order chi connectivity index (χ1) is 8.15. The predicted octanol–water partition coefficient (Wildman–Crippen LogP) is 0.0137. The summed E-state index contributed by atoms with van der Waals surface area (Å²) in [6, 6.07) is 0.273. The van der Waals surface area contributed by atoms with E-state index < -0.39 is 11.9 Å². The summed E-state index contributed by atoms with van der Waals surface area (Å²) in [7, 11) is 0. The van der Waals surface area contributed by atoms with E-state index in [-0.39, 0.29) is 18.4 Å². The molecule has 0 aromatic heterocycles. The van der Waals surface area contributed by atoms with Gasteiger partial charge in [-0.1, -0.05) is 0 Å². The van der Waals surface area contributed by atoms with E-state index in [4.69, 9.17) is 5.11 Å². The third kappa shape index (κ3) is 1.82. The zero-order valence-electron chi connectivity index (χ0n) is 9.84. The molecule has 0 aromatic carbocycles. The highest BCUT2D eigenvalue weighted by atomic mass is 16.4. The van der Waals surface area contributed by atoms with Crippen molar-refractivity contribution in [1.82, 2.24) is 9.80 Å². The molecule has 5 heteroatoms. The monoisotopic (exact) mass is 238 g/mol. The minimum Gasteiger partial charge on any atom is -0.481 e. The number of fused-ring (bicyclic) bond motifs is 3. The first kappa shape index (κ1) is 11.0. The first-order valence-corrected chi connectivity index (χ1v) is 6.40. The highest BCUT2D eigenvalue weighted by Crippen LogP contribution is 2.34. The fourth-order valence-corrected chi connectivity index (χ4v) is 3.50. The molecule has 2 unspecified atom stereocenters. The molecular formula is C12H18N2O3. The van der Waals surface area contributed by atoms with Crippen molar-refractivity contribution in [3.05, 3.63) is 0 Å². The number of carbonyl (C=O) groups excluding carboxylic acids is 1. The lowest BCUT2D eigenvalue weighted by molar-refractivity contribution is -0.141. The van der Waals surface area contributed by atoms with E-state index in [2.05, 4.69) is 4.90 Å². The van der Waals surface area contributed by atoms with Crippen LogP contribution in [0.3, 0.4) is 0 Å². The summed E-state index contributed by atoms with van der Waals surface area (Å²) in [6.07, 6.45) is 2.51. The van der Waals surface area contributed by atoms with Gasteiger partial charge in [0.25, 0.3) is 0 Å². The molecule has 4 aliphatic heterocycles. The van der Waals surface area contributed by atoms with Crippen molar-refractivity contribution < 1.29 is 14.7 Å². The lowest BCUT2D eigenvalue weighted by atomic mass is 9.83. The maximum absolute atomic E-state index is 11.9. The van der Waals surface area contributed by atoms with Gasteiger partial charge in [-0.2, -0.15) is 0 Å². The number of nitrogens with zero attached hydrogens (tertiary/aromatic N) is 2. The Kier molecular flexibility index (Phi) is 2.58. The van der Waals surface area contributed by atoms with Gasteiger partial charge in [0.1, 0.15) is 0 Å². The average molecular weight is 238 g/mol. The zero-order valence-corrected chi connectivity index (χ0v) is 9.84. The summed E-state index contributed by atoms with van der Waals surface area (Å²) < 4.78 is 0. The minimum atomic E-state index is -0.831. The second-order valence-electron chi connectivity index (χ2n) is 5.49. The number of hydrogen-bond donors (Lipinski definition) is 1. The summed E-state index contributed by atoms with van der Waals surface area (Å²) in [5.41, 5.74) is 0. The number of likely N-dealkylation sites (tertiary alicyclic amines) is 1. The number of rotatable bonds is 2. The quantitative estimate of drug-likeness (QED) is 0.736. The molecule has 0 saturated carbocycles. The van der Waals surface area contributed by atoms with E-state index in [0.29, 0.717) is 12.5 Å². The fraction of sp³-hybridized carbons (Fsp3) is 0.833. The van der Waals surface area contributed by atoms with Crippen molar-refractivity contribution in [2.75, 3.05) is 26.2 Å². The Hall–Kier alpha value is -1.10. The molecule has 1 amide bonds. The van der Waals surface area contributed by atoms with Crippen LogP contribution in [0.15, 0.2) is 0 Å². The van der Waals surface area contributed by atoms with E-state index >= 15 is 0 Å². The van der Waals surface area contributed by atoms with Crippen molar-refractivity contribution >= 4 is 11.9 Å². The Balaban J connectivity index is 1.72. The van der Waals surface area contributed by atoms with Crippen LogP contribution in [0.2, 0.25) is 0 Å². The molecule has 2 bridgehead atoms. The number of carboxylic acids is 1. The van der Waals surface area contributed by atoms with Crippen LogP contribution < -0.4 is 0 Å². The summed E-state index contributed by atoms with van der Waals surface area (Å²) >= 11 is 0. The molecule has 4 heterocycles. The number of amides is 1. The zero-order chi connectivity index (χ0) is 12.0. The summed E-state index contributed by atoms with van der Waals surface area (Å²) in [6.45, 7) is 3.66. The molecule has 5 nitrogen and oxygen atoms in total. The summed E-state index contributed by atoms with van der Waals surface area (Å²) in [4.78, 5) is 27.1. The maximum Gasteiger partial charge on any atom is 0.308 e. The molecule has 0 spiro atoms. The Bertz CT molecular complexity index is 350. The van der Waals surface area contributed by atoms with Gasteiger partial charge >= 0.3 is 5.97 Å². The van der Waals surface area contributed by atoms with E-state index in [1.54, 1.807) is 0 Å². The van der Waals surface area contributed by atoms with Gasteiger partial charge in [-0.3, -0.25) is 9.59 Å². The second-order valence-corrected chi connectivity index (χ2v) is 5.49. The van der Waals surface area contributed by atoms with Gasteiger partial charge in [-0.05, 0) is 31.8 Å². The number of piperidine rings is 3. The molecule has 0 radical (unpaired) electrons. The van der Waals surface area contributed by atoms with E-state index in [1.807, 2.05) is 4.90 Å². The highest BCUT2D eigenvalue weighted by Gasteiger charge is 2.44. The van der Waals surface area contributed by atoms with Gasteiger partial charge in [0.15, 0.2) is 0 Å². The summed E-state index contributed by atoms with van der Waals surface area (Å²) in [5.74, 6) is -0.687. The lowest BCUT2D eigenvalue weighted by Gasteiger charge is -2.48. The molecule has 2 atom stereocenters. The Morgan fingerprint density at radius 3 is 2.41 bits per heavy atom. The standard InChI is InChI=1S/C12H18N2O3/c15-11-5-9(12(16)17)6-14(11)10-7-13-3-1-8(10)2-4-13/h8-10H,1-7H2,(H,16,17). The van der Waals surface area contributed by atoms with Crippen LogP contribution in [0.1, 0.15) is 19.3 Å². The van der Waals surface area contributed by atoms with Crippen molar-refractivity contribution in [1.29, 1.82) is 0 Å². The molecule has 17 heavy (non-hydrogen) atoms. The molecular weight excluding hydrogens is 220 g/mol. The van der Waals surface area contributed by atoms with Crippen LogP contribution >= 0.6 is 0 Å². The fourth-order valence-electron chi connectivity index (χ4n) is 3.50. The normalized spacial score (nSPS) is 40.9. The number of carboxylic acid groups (broad SMARTS) is 1. The topological polar surface area (TPSA) is 60.9 Å². The lowest BCUT2D eigenvalue weighted by Crippen LogP contribution is -2.57. The molecule has 0 aliphatic carbocycles. The Morgan fingerprint density at radius 1 is 1.24 bits per heavy atom. The van der Waals surface area contributed by atoms with Gasteiger partial charge < -0.3 is 14.9 Å². The number of hydrogen-bond acceptors (Lipinski definition) is 3. The van der Waals surface area contributed by atoms with Crippen molar-refractivity contribution in [3.63, 3.8) is 0 Å². The summed E-state index contributed by atoms with van der Waals surface area (Å²) in [5, 5.41) is 8.99. The molecule has 1 N–H and O–H groups in total. The smallest absolute Gasteiger partial charge is 0.308 e. The van der Waals surface area contributed by atoms with E-state index in [0.717, 1.165) is 32.5 Å². The predicted molar refractivity (Wildman–Crippen MR) is 60.4 cm³/mol. The van der Waals surface area contributed by atoms with E-state index in [1.165, 1.54) is 0 Å². The minimum absolute atomic E-state index is 0.0381. The van der Waals surface area contributed by atoms with Crippen LogP contribution in [0.5, 0.6) is 0 Å². The molecule has 4 saturated heterocycles. The largest absolute Gasteiger partial charge is 0.481 e. The highest BCUT2D eigenvalue weighted by molar-refractivity contribution is 5.86. The Morgan fingerprint density at radius 2 is 1.94 bits per heavy atom. The van der Waals surface area contributed by atoms with Crippen molar-refractivity contribution in [3.8, 4) is 0 Å². The third-order valence-corrected chi connectivity index (χ3v) is 4.53. The maximum atomic E-state index is 11.9. The molecule has 4 rings (SSSR count). The SMILES string of the molecule is O=C(O)C1CC(=O)N(C2CN3CCC2CC3)C1. The van der Waals surface area contributed by atoms with E-state index in [9.17, 15) is 9.59 Å². The average Bonchev–Trinajstić information content (AvgIpc) is 2.73. The van der Waals surface area contributed by atoms with Gasteiger partial charge in [0, 0.05) is 25.6 Å². The third-order valence-electron chi connectivity index (χ3n) is 4.53. The number of aliphatic carboxylic acids is 1. The van der Waals surface area contributed by atoms with Crippen LogP contribution in [0.25, 0.3) is 0 Å². The van der Waals surface area contributed by atoms with Gasteiger partial charge in [0.05, 0.1) is 5.92 Å². The van der Waals surface area contributed by atoms with Crippen LogP contribution in [-0.4, -0.2) is 59.0 Å². The molecule has 0 aromatic rings. The van der Waals surface area contributed by atoms with Crippen LogP contribution in [0.4, 0.5) is 0 Å². The van der Waals surface area contributed by atoms with Crippen LogP contribution in [-0.2, 0) is 9.59 Å². The molecule has 4 aliphatic rings. The first-order valence-electron chi connectivity index (χ1n) is 6.40. The molecule has 94 valence electrons.